The third kappa shape index (κ3) is 22.7. The molecule has 0 fully saturated rings. The van der Waals surface area contributed by atoms with Crippen LogP contribution in [-0.2, 0) is 33.2 Å². The second-order valence-corrected chi connectivity index (χ2v) is 5.14. The Hall–Kier alpha value is -1.25. The average molecular weight is 391 g/mol. The molecule has 0 saturated carbocycles. The van der Waals surface area contributed by atoms with Gasteiger partial charge >= 0.3 is 0 Å². The van der Waals surface area contributed by atoms with Gasteiger partial charge in [-0.3, -0.25) is 4.79 Å². The number of carbonyl (C=O) groups is 1. The highest BCUT2D eigenvalue weighted by atomic mass is 16.6. The van der Waals surface area contributed by atoms with Gasteiger partial charge in [0.2, 0.25) is 5.91 Å². The summed E-state index contributed by atoms with van der Waals surface area (Å²) in [7, 11) is 0. The molecule has 0 aliphatic carbocycles. The Kier molecular flexibility index (Phi) is 21.7. The number of aliphatic hydroxyl groups excluding tert-OH is 1. The number of rotatable bonds is 21. The molecule has 0 aromatic heterocycles. The number of carbonyl (C=O) groups excluding carboxylic acids is 1. The fourth-order valence-corrected chi connectivity index (χ4v) is 1.69. The molecule has 0 aromatic carbocycles. The van der Waals surface area contributed by atoms with Crippen molar-refractivity contribution in [1.29, 1.82) is 0 Å². The van der Waals surface area contributed by atoms with Gasteiger partial charge in [0.25, 0.3) is 0 Å². The monoisotopic (exact) mass is 391 g/mol. The van der Waals surface area contributed by atoms with Crippen molar-refractivity contribution in [3.8, 4) is 12.3 Å². The minimum Gasteiger partial charge on any atom is -0.394 e. The van der Waals surface area contributed by atoms with Gasteiger partial charge in [-0.2, -0.15) is 0 Å². The zero-order chi connectivity index (χ0) is 19.8. The van der Waals surface area contributed by atoms with Gasteiger partial charge in [-0.05, 0) is 0 Å². The van der Waals surface area contributed by atoms with Gasteiger partial charge in [-0.1, -0.05) is 5.92 Å². The van der Waals surface area contributed by atoms with Crippen molar-refractivity contribution in [3.63, 3.8) is 0 Å². The molecule has 9 heteroatoms. The van der Waals surface area contributed by atoms with Crippen LogP contribution in [0.4, 0.5) is 0 Å². The summed E-state index contributed by atoms with van der Waals surface area (Å²) in [6.07, 6.45) is 5.33. The molecule has 0 spiro atoms. The summed E-state index contributed by atoms with van der Waals surface area (Å²) < 4.78 is 31.3. The first kappa shape index (κ1) is 25.8. The maximum atomic E-state index is 11.6. The Morgan fingerprint density at radius 3 is 1.78 bits per heavy atom. The maximum Gasteiger partial charge on any atom is 0.222 e. The van der Waals surface area contributed by atoms with Gasteiger partial charge in [0.15, 0.2) is 0 Å². The standard InChI is InChI=1S/C18H33NO8/c1-2-6-22-10-14-26-16-17-27-15-11-23-7-3-18(21)19-4-8-24-12-13-25-9-5-20/h1,20H,3-17H2,(H,19,21). The second kappa shape index (κ2) is 22.8. The van der Waals surface area contributed by atoms with E-state index in [1.165, 1.54) is 0 Å². The Balaban J connectivity index is 3.14. The highest BCUT2D eigenvalue weighted by molar-refractivity contribution is 5.75. The SMILES string of the molecule is C#CCOCCOCCOCCOCCC(=O)NCCOCCOCCO. The van der Waals surface area contributed by atoms with E-state index < -0.39 is 0 Å². The van der Waals surface area contributed by atoms with E-state index in [4.69, 9.17) is 40.0 Å². The Morgan fingerprint density at radius 2 is 1.22 bits per heavy atom. The third-order valence-corrected chi connectivity index (χ3v) is 2.95. The summed E-state index contributed by atoms with van der Waals surface area (Å²) in [5.41, 5.74) is 0. The van der Waals surface area contributed by atoms with E-state index in [-0.39, 0.29) is 12.5 Å². The van der Waals surface area contributed by atoms with Crippen LogP contribution in [0.1, 0.15) is 6.42 Å². The van der Waals surface area contributed by atoms with Gasteiger partial charge in [-0.15, -0.1) is 6.42 Å². The predicted octanol–water partition coefficient (Wildman–Crippen LogP) is -0.782. The Morgan fingerprint density at radius 1 is 0.741 bits per heavy atom. The zero-order valence-electron chi connectivity index (χ0n) is 16.0. The molecule has 1 amide bonds. The second-order valence-electron chi connectivity index (χ2n) is 5.14. The van der Waals surface area contributed by atoms with Crippen molar-refractivity contribution < 1.29 is 38.3 Å². The van der Waals surface area contributed by atoms with Crippen LogP contribution in [0.2, 0.25) is 0 Å². The van der Waals surface area contributed by atoms with Gasteiger partial charge in [-0.25, -0.2) is 0 Å². The molecular formula is C18H33NO8. The number of terminal acetylenes is 1. The van der Waals surface area contributed by atoms with Crippen molar-refractivity contribution in [2.45, 2.75) is 6.42 Å². The summed E-state index contributed by atoms with van der Waals surface area (Å²) in [5.74, 6) is 2.29. The largest absolute Gasteiger partial charge is 0.394 e. The Bertz CT molecular complexity index is 362. The molecule has 0 rings (SSSR count). The lowest BCUT2D eigenvalue weighted by atomic mass is 10.4. The molecule has 0 saturated heterocycles. The fraction of sp³-hybridized carbons (Fsp3) is 0.833. The number of hydrogen-bond acceptors (Lipinski definition) is 8. The van der Waals surface area contributed by atoms with Crippen molar-refractivity contribution >= 4 is 5.91 Å². The first-order valence-corrected chi connectivity index (χ1v) is 9.08. The molecule has 27 heavy (non-hydrogen) atoms. The summed E-state index contributed by atoms with van der Waals surface area (Å²) in [4.78, 5) is 11.6. The molecule has 0 aliphatic heterocycles. The fourth-order valence-electron chi connectivity index (χ4n) is 1.69. The lowest BCUT2D eigenvalue weighted by Gasteiger charge is -2.08. The number of aliphatic hydroxyl groups is 1. The summed E-state index contributed by atoms with van der Waals surface area (Å²) in [6.45, 7) is 5.46. The topological polar surface area (TPSA) is 105 Å². The van der Waals surface area contributed by atoms with Crippen LogP contribution in [0.15, 0.2) is 0 Å². The van der Waals surface area contributed by atoms with Crippen LogP contribution < -0.4 is 5.32 Å². The molecule has 0 atom stereocenters. The quantitative estimate of drug-likeness (QED) is 0.194. The molecule has 2 N–H and O–H groups in total. The average Bonchev–Trinajstić information content (AvgIpc) is 2.67. The van der Waals surface area contributed by atoms with Crippen molar-refractivity contribution in [1.82, 2.24) is 5.32 Å². The van der Waals surface area contributed by atoms with E-state index in [0.717, 1.165) is 0 Å². The van der Waals surface area contributed by atoms with Crippen LogP contribution in [0.25, 0.3) is 0 Å². The maximum absolute atomic E-state index is 11.6. The smallest absolute Gasteiger partial charge is 0.222 e. The molecular weight excluding hydrogens is 358 g/mol. The molecule has 0 aromatic rings. The van der Waals surface area contributed by atoms with E-state index in [1.54, 1.807) is 0 Å². The summed E-state index contributed by atoms with van der Waals surface area (Å²) in [6, 6.07) is 0. The Labute approximate surface area is 161 Å². The highest BCUT2D eigenvalue weighted by Gasteiger charge is 2.00. The lowest BCUT2D eigenvalue weighted by Crippen LogP contribution is -2.28. The minimum atomic E-state index is -0.0866. The number of amides is 1. The number of nitrogens with one attached hydrogen (secondary N) is 1. The van der Waals surface area contributed by atoms with E-state index >= 15 is 0 Å². The van der Waals surface area contributed by atoms with Crippen LogP contribution in [0, 0.1) is 12.3 Å². The van der Waals surface area contributed by atoms with E-state index in [2.05, 4.69) is 11.2 Å². The normalized spacial score (nSPS) is 10.7. The third-order valence-electron chi connectivity index (χ3n) is 2.95. The molecule has 9 nitrogen and oxygen atoms in total. The highest BCUT2D eigenvalue weighted by Crippen LogP contribution is 1.86. The minimum absolute atomic E-state index is 0.00270. The van der Waals surface area contributed by atoms with Crippen LogP contribution in [0.3, 0.4) is 0 Å². The van der Waals surface area contributed by atoms with Crippen molar-refractivity contribution in [2.24, 2.45) is 0 Å². The van der Waals surface area contributed by atoms with Gasteiger partial charge in [0.05, 0.1) is 79.3 Å². The first-order valence-electron chi connectivity index (χ1n) is 9.08. The van der Waals surface area contributed by atoms with Gasteiger partial charge in [0, 0.05) is 13.0 Å². The number of hydrogen-bond donors (Lipinski definition) is 2. The predicted molar refractivity (Wildman–Crippen MR) is 98.5 cm³/mol. The van der Waals surface area contributed by atoms with Gasteiger partial charge < -0.3 is 38.8 Å². The van der Waals surface area contributed by atoms with Crippen LogP contribution >= 0.6 is 0 Å². The molecule has 0 unspecified atom stereocenters. The van der Waals surface area contributed by atoms with Gasteiger partial charge in [0.1, 0.15) is 6.61 Å². The lowest BCUT2D eigenvalue weighted by molar-refractivity contribution is -0.122. The summed E-state index contributed by atoms with van der Waals surface area (Å²) >= 11 is 0. The number of ether oxygens (including phenoxy) is 6. The van der Waals surface area contributed by atoms with E-state index in [1.807, 2.05) is 0 Å². The molecule has 0 aliphatic rings. The van der Waals surface area contributed by atoms with Crippen molar-refractivity contribution in [2.75, 3.05) is 92.4 Å². The van der Waals surface area contributed by atoms with E-state index in [9.17, 15) is 4.79 Å². The first-order chi connectivity index (χ1) is 13.3. The molecule has 0 heterocycles. The van der Waals surface area contributed by atoms with E-state index in [0.29, 0.717) is 92.2 Å². The van der Waals surface area contributed by atoms with Crippen molar-refractivity contribution in [3.05, 3.63) is 0 Å². The summed E-state index contributed by atoms with van der Waals surface area (Å²) in [5, 5.41) is 11.3. The zero-order valence-corrected chi connectivity index (χ0v) is 16.0. The van der Waals surface area contributed by atoms with Crippen LogP contribution in [0.5, 0.6) is 0 Å². The molecule has 0 radical (unpaired) electrons. The molecule has 0 bridgehead atoms. The molecule has 158 valence electrons. The van der Waals surface area contributed by atoms with Crippen LogP contribution in [-0.4, -0.2) is 103 Å².